The highest BCUT2D eigenvalue weighted by Crippen LogP contribution is 2.25. The Kier molecular flexibility index (Phi) is 14.1. The van der Waals surface area contributed by atoms with E-state index in [0.29, 0.717) is 32.1 Å². The average molecular weight is 521 g/mol. The van der Waals surface area contributed by atoms with Crippen molar-refractivity contribution in [1.82, 2.24) is 10.2 Å². The molecule has 2 fully saturated rings. The predicted molar refractivity (Wildman–Crippen MR) is 132 cm³/mol. The highest BCUT2D eigenvalue weighted by atomic mass is 16.5. The van der Waals surface area contributed by atoms with Gasteiger partial charge >= 0.3 is 0 Å². The molecule has 0 radical (unpaired) electrons. The zero-order valence-corrected chi connectivity index (χ0v) is 21.7. The molecule has 9 atom stereocenters. The van der Waals surface area contributed by atoms with Gasteiger partial charge in [0.15, 0.2) is 0 Å². The number of nitrogens with one attached hydrogen (secondary N) is 1. The first-order valence-corrected chi connectivity index (χ1v) is 13.4. The molecule has 7 N–H and O–H groups in total. The van der Waals surface area contributed by atoms with Gasteiger partial charge in [-0.2, -0.15) is 0 Å². The first-order valence-electron chi connectivity index (χ1n) is 13.4. The lowest BCUT2D eigenvalue weighted by molar-refractivity contribution is -0.230. The SMILES string of the molecule is CNC(=O)CCCCCN(CCC[C@@H]1O[C@@H](C)[C@@H](O)C[C@@H]1O)CCC[C@H]1O[C@H](CO)[C@@H](O)[C@H](O)[C@@H]1O. The molecule has 11 heteroatoms. The zero-order chi connectivity index (χ0) is 26.7. The molecule has 0 spiro atoms. The van der Waals surface area contributed by atoms with Crippen molar-refractivity contribution in [2.24, 2.45) is 0 Å². The van der Waals surface area contributed by atoms with Crippen molar-refractivity contribution < 1.29 is 44.9 Å². The second kappa shape index (κ2) is 16.2. The Balaban J connectivity index is 1.81. The van der Waals surface area contributed by atoms with Crippen molar-refractivity contribution in [3.8, 4) is 0 Å². The second-order valence-corrected chi connectivity index (χ2v) is 10.2. The molecule has 212 valence electrons. The minimum Gasteiger partial charge on any atom is -0.394 e. The lowest BCUT2D eigenvalue weighted by Crippen LogP contribution is -2.58. The maximum absolute atomic E-state index is 11.4. The lowest BCUT2D eigenvalue weighted by Gasteiger charge is -2.40. The fraction of sp³-hybridized carbons (Fsp3) is 0.960. The zero-order valence-electron chi connectivity index (χ0n) is 21.7. The molecule has 0 aliphatic carbocycles. The Bertz CT molecular complexity index is 626. The monoisotopic (exact) mass is 520 g/mol. The molecule has 2 saturated heterocycles. The largest absolute Gasteiger partial charge is 0.394 e. The summed E-state index contributed by atoms with van der Waals surface area (Å²) in [5.74, 6) is 0.0387. The number of hydrogen-bond acceptors (Lipinski definition) is 10. The van der Waals surface area contributed by atoms with Crippen LogP contribution < -0.4 is 5.32 Å². The van der Waals surface area contributed by atoms with E-state index in [1.807, 2.05) is 6.92 Å². The highest BCUT2D eigenvalue weighted by Gasteiger charge is 2.43. The number of carbonyl (C=O) groups is 1. The van der Waals surface area contributed by atoms with Crippen LogP contribution in [0.1, 0.15) is 64.7 Å². The molecule has 36 heavy (non-hydrogen) atoms. The summed E-state index contributed by atoms with van der Waals surface area (Å²) < 4.78 is 11.4. The molecular formula is C25H48N2O9. The number of carbonyl (C=O) groups excluding carboxylic acids is 1. The van der Waals surface area contributed by atoms with E-state index in [1.54, 1.807) is 7.05 Å². The van der Waals surface area contributed by atoms with Crippen molar-refractivity contribution in [3.63, 3.8) is 0 Å². The highest BCUT2D eigenvalue weighted by molar-refractivity contribution is 5.75. The number of ether oxygens (including phenoxy) is 2. The molecule has 0 saturated carbocycles. The molecule has 0 bridgehead atoms. The van der Waals surface area contributed by atoms with Crippen LogP contribution in [0.5, 0.6) is 0 Å². The number of unbranched alkanes of at least 4 members (excludes halogenated alkanes) is 2. The van der Waals surface area contributed by atoms with Crippen LogP contribution in [-0.2, 0) is 14.3 Å². The van der Waals surface area contributed by atoms with Gasteiger partial charge in [0.25, 0.3) is 0 Å². The molecule has 1 amide bonds. The fourth-order valence-corrected chi connectivity index (χ4v) is 5.02. The minimum atomic E-state index is -1.36. The van der Waals surface area contributed by atoms with Gasteiger partial charge in [-0.15, -0.1) is 0 Å². The number of rotatable bonds is 15. The molecular weight excluding hydrogens is 472 g/mol. The van der Waals surface area contributed by atoms with Crippen LogP contribution >= 0.6 is 0 Å². The molecule has 11 nitrogen and oxygen atoms in total. The average Bonchev–Trinajstić information content (AvgIpc) is 2.86. The number of nitrogens with zero attached hydrogens (tertiary/aromatic N) is 1. The summed E-state index contributed by atoms with van der Waals surface area (Å²) in [4.78, 5) is 13.7. The summed E-state index contributed by atoms with van der Waals surface area (Å²) in [5, 5.41) is 62.4. The van der Waals surface area contributed by atoms with E-state index in [-0.39, 0.29) is 18.1 Å². The number of aliphatic hydroxyl groups excluding tert-OH is 6. The number of hydrogen-bond donors (Lipinski definition) is 7. The van der Waals surface area contributed by atoms with Crippen LogP contribution in [0.2, 0.25) is 0 Å². The van der Waals surface area contributed by atoms with E-state index in [4.69, 9.17) is 9.47 Å². The van der Waals surface area contributed by atoms with Crippen molar-refractivity contribution in [2.75, 3.05) is 33.3 Å². The molecule has 2 aliphatic heterocycles. The van der Waals surface area contributed by atoms with Crippen molar-refractivity contribution in [3.05, 3.63) is 0 Å². The van der Waals surface area contributed by atoms with E-state index in [9.17, 15) is 35.4 Å². The van der Waals surface area contributed by atoms with Gasteiger partial charge in [-0.25, -0.2) is 0 Å². The maximum Gasteiger partial charge on any atom is 0.219 e. The third kappa shape index (κ3) is 9.77. The van der Waals surface area contributed by atoms with E-state index in [2.05, 4.69) is 10.2 Å². The Morgan fingerprint density at radius 3 is 2.06 bits per heavy atom. The minimum absolute atomic E-state index is 0.0387. The predicted octanol–water partition coefficient (Wildman–Crippen LogP) is -1.10. The van der Waals surface area contributed by atoms with Gasteiger partial charge in [-0.1, -0.05) is 6.42 Å². The smallest absolute Gasteiger partial charge is 0.219 e. The molecule has 2 aliphatic rings. The van der Waals surface area contributed by atoms with Gasteiger partial charge in [0, 0.05) is 19.9 Å². The van der Waals surface area contributed by atoms with Crippen LogP contribution in [0, 0.1) is 0 Å². The fourth-order valence-electron chi connectivity index (χ4n) is 5.02. The van der Waals surface area contributed by atoms with Crippen LogP contribution in [0.25, 0.3) is 0 Å². The van der Waals surface area contributed by atoms with Crippen molar-refractivity contribution in [2.45, 2.75) is 120 Å². The van der Waals surface area contributed by atoms with Gasteiger partial charge in [0.05, 0.1) is 37.1 Å². The summed E-state index contributed by atoms with van der Waals surface area (Å²) in [6.45, 7) is 3.73. The summed E-state index contributed by atoms with van der Waals surface area (Å²) in [6.07, 6.45) is -1.28. The van der Waals surface area contributed by atoms with Crippen LogP contribution in [0.15, 0.2) is 0 Å². The third-order valence-corrected chi connectivity index (χ3v) is 7.42. The molecule has 0 aromatic heterocycles. The standard InChI is InChI=1S/C25H48N2O9/c1-16-17(29)14-18(30)19(35-16)8-6-12-27(11-5-3-4-10-22(31)26-2)13-7-9-20-23(32)25(34)24(33)21(15-28)36-20/h16-21,23-25,28-30,32-34H,3-15H2,1-2H3,(H,26,31)/t16-,17-,18-,19-,20+,21+,23+,24+,25+/m0/s1. The third-order valence-electron chi connectivity index (χ3n) is 7.42. The molecule has 2 rings (SSSR count). The Morgan fingerprint density at radius 2 is 1.42 bits per heavy atom. The van der Waals surface area contributed by atoms with Crippen molar-refractivity contribution >= 4 is 5.91 Å². The Hall–Kier alpha value is -0.890. The number of aliphatic hydroxyl groups is 6. The van der Waals surface area contributed by atoms with Crippen molar-refractivity contribution in [1.29, 1.82) is 0 Å². The first-order chi connectivity index (χ1) is 17.2. The van der Waals surface area contributed by atoms with Gasteiger partial charge in [-0.3, -0.25) is 4.79 Å². The van der Waals surface area contributed by atoms with Crippen LogP contribution in [0.4, 0.5) is 0 Å². The maximum atomic E-state index is 11.4. The normalized spacial score (nSPS) is 35.2. The Morgan fingerprint density at radius 1 is 0.806 bits per heavy atom. The topological polar surface area (TPSA) is 172 Å². The first kappa shape index (κ1) is 31.3. The van der Waals surface area contributed by atoms with E-state index in [0.717, 1.165) is 45.3 Å². The van der Waals surface area contributed by atoms with Gasteiger partial charge in [0.2, 0.25) is 5.91 Å². The molecule has 0 unspecified atom stereocenters. The lowest BCUT2D eigenvalue weighted by atomic mass is 9.93. The molecule has 2 heterocycles. The summed E-state index contributed by atoms with van der Waals surface area (Å²) in [5.41, 5.74) is 0. The summed E-state index contributed by atoms with van der Waals surface area (Å²) in [6, 6.07) is 0. The van der Waals surface area contributed by atoms with Gasteiger partial charge < -0.3 is 50.3 Å². The summed E-state index contributed by atoms with van der Waals surface area (Å²) >= 11 is 0. The molecule has 0 aromatic carbocycles. The summed E-state index contributed by atoms with van der Waals surface area (Å²) in [7, 11) is 1.63. The molecule has 0 aromatic rings. The second-order valence-electron chi connectivity index (χ2n) is 10.2. The van der Waals surface area contributed by atoms with E-state index < -0.39 is 49.3 Å². The van der Waals surface area contributed by atoms with Crippen LogP contribution in [-0.4, -0.2) is 130 Å². The van der Waals surface area contributed by atoms with Gasteiger partial charge in [-0.05, 0) is 65.1 Å². The van der Waals surface area contributed by atoms with Crippen LogP contribution in [0.3, 0.4) is 0 Å². The quantitative estimate of drug-likeness (QED) is 0.131. The number of amides is 1. The van der Waals surface area contributed by atoms with E-state index in [1.165, 1.54) is 0 Å². The Labute approximate surface area is 214 Å². The van der Waals surface area contributed by atoms with E-state index >= 15 is 0 Å². The van der Waals surface area contributed by atoms with Gasteiger partial charge in [0.1, 0.15) is 24.4 Å².